The van der Waals surface area contributed by atoms with Gasteiger partial charge >= 0.3 is 0 Å². The average molecular weight is 384 g/mol. The number of likely N-dealkylation sites (tertiary alicyclic amines) is 2. The highest BCUT2D eigenvalue weighted by atomic mass is 16.5. The third-order valence-electron chi connectivity index (χ3n) is 5.94. The highest BCUT2D eigenvalue weighted by molar-refractivity contribution is 5.79. The minimum Gasteiger partial charge on any atom is -0.497 e. The number of nitrogens with zero attached hydrogens (tertiary/aromatic N) is 2. The summed E-state index contributed by atoms with van der Waals surface area (Å²) in [5.41, 5.74) is 1.24. The number of methoxy groups -OCH3 is 1. The van der Waals surface area contributed by atoms with Gasteiger partial charge in [0.15, 0.2) is 0 Å². The van der Waals surface area contributed by atoms with Gasteiger partial charge in [-0.05, 0) is 17.7 Å². The molecule has 0 radical (unpaired) electrons. The molecule has 28 heavy (non-hydrogen) atoms. The normalized spacial score (nSPS) is 23.7. The van der Waals surface area contributed by atoms with Crippen LogP contribution in [0.1, 0.15) is 24.1 Å². The van der Waals surface area contributed by atoms with Crippen molar-refractivity contribution in [3.05, 3.63) is 51.9 Å². The molecular weight excluding hydrogens is 360 g/mol. The number of aromatic amines is 2. The molecule has 0 bridgehead atoms. The van der Waals surface area contributed by atoms with Crippen LogP contribution in [0.3, 0.4) is 0 Å². The number of nitrogens with one attached hydrogen (secondary N) is 2. The maximum atomic E-state index is 12.7. The summed E-state index contributed by atoms with van der Waals surface area (Å²) in [6.45, 7) is 3.44. The average Bonchev–Trinajstić information content (AvgIpc) is 3.36. The lowest BCUT2D eigenvalue weighted by atomic mass is 9.89. The van der Waals surface area contributed by atoms with Crippen LogP contribution in [-0.2, 0) is 16.0 Å². The van der Waals surface area contributed by atoms with Crippen molar-refractivity contribution < 1.29 is 14.3 Å². The highest BCUT2D eigenvalue weighted by Crippen LogP contribution is 2.45. The molecule has 0 saturated carbocycles. The smallest absolute Gasteiger partial charge is 0.267 e. The third kappa shape index (κ3) is 3.19. The summed E-state index contributed by atoms with van der Waals surface area (Å²) in [6.07, 6.45) is 1.62. The third-order valence-corrected chi connectivity index (χ3v) is 5.94. The Morgan fingerprint density at radius 3 is 2.54 bits per heavy atom. The Balaban J connectivity index is 1.53. The standard InChI is InChI=1S/C20H24N4O4/c1-12(25)24-10-15-9-23(18(26)7-14-8-21-22-20(14)27)11-17(15)19(24)13-3-5-16(28-2)6-4-13/h3-6,8,15,17,19H,7,9-11H2,1-2H3,(H2,21,22,27)/t15-,17-,19+/m1/s1. The maximum Gasteiger partial charge on any atom is 0.267 e. The maximum absolute atomic E-state index is 12.7. The zero-order valence-corrected chi connectivity index (χ0v) is 16.0. The van der Waals surface area contributed by atoms with Crippen molar-refractivity contribution in [3.63, 3.8) is 0 Å². The summed E-state index contributed by atoms with van der Waals surface area (Å²) >= 11 is 0. The lowest BCUT2D eigenvalue weighted by Crippen LogP contribution is -2.37. The van der Waals surface area contributed by atoms with Crippen LogP contribution in [0.25, 0.3) is 0 Å². The molecule has 2 amide bonds. The molecule has 3 atom stereocenters. The Kier molecular flexibility index (Phi) is 4.70. The number of hydrogen-bond acceptors (Lipinski definition) is 4. The number of fused-ring (bicyclic) bond motifs is 1. The second-order valence-electron chi connectivity index (χ2n) is 7.56. The van der Waals surface area contributed by atoms with E-state index in [1.807, 2.05) is 34.1 Å². The monoisotopic (exact) mass is 384 g/mol. The fourth-order valence-electron chi connectivity index (χ4n) is 4.54. The number of amides is 2. The molecule has 2 aromatic rings. The SMILES string of the molecule is COc1ccc([C@H]2[C@@H]3CN(C(=O)Cc4c[nH][nH]c4=O)C[C@@H]3CN2C(C)=O)cc1. The first-order chi connectivity index (χ1) is 13.5. The molecule has 8 heteroatoms. The van der Waals surface area contributed by atoms with Crippen molar-refractivity contribution in [2.24, 2.45) is 11.8 Å². The Morgan fingerprint density at radius 2 is 1.93 bits per heavy atom. The molecule has 1 aromatic heterocycles. The Bertz CT molecular complexity index is 932. The molecule has 2 N–H and O–H groups in total. The van der Waals surface area contributed by atoms with Crippen molar-refractivity contribution in [1.29, 1.82) is 0 Å². The van der Waals surface area contributed by atoms with Crippen LogP contribution in [-0.4, -0.2) is 58.6 Å². The summed E-state index contributed by atoms with van der Waals surface area (Å²) in [7, 11) is 1.62. The molecule has 2 fully saturated rings. The van der Waals surface area contributed by atoms with Crippen molar-refractivity contribution in [2.45, 2.75) is 19.4 Å². The van der Waals surface area contributed by atoms with Crippen molar-refractivity contribution >= 4 is 11.8 Å². The molecule has 0 spiro atoms. The molecular formula is C20H24N4O4. The molecule has 0 unspecified atom stereocenters. The van der Waals surface area contributed by atoms with Crippen LogP contribution in [0.5, 0.6) is 5.75 Å². The van der Waals surface area contributed by atoms with Gasteiger partial charge in [0.2, 0.25) is 11.8 Å². The largest absolute Gasteiger partial charge is 0.497 e. The second kappa shape index (κ2) is 7.18. The van der Waals surface area contributed by atoms with E-state index in [4.69, 9.17) is 4.74 Å². The molecule has 4 rings (SSSR count). The Hall–Kier alpha value is -3.03. The predicted molar refractivity (Wildman–Crippen MR) is 102 cm³/mol. The number of carbonyl (C=O) groups excluding carboxylic acids is 2. The number of hydrogen-bond donors (Lipinski definition) is 2. The zero-order valence-electron chi connectivity index (χ0n) is 16.0. The van der Waals surface area contributed by atoms with Gasteiger partial charge < -0.3 is 19.6 Å². The second-order valence-corrected chi connectivity index (χ2v) is 7.56. The first-order valence-corrected chi connectivity index (χ1v) is 9.41. The molecule has 148 valence electrons. The molecule has 2 saturated heterocycles. The quantitative estimate of drug-likeness (QED) is 0.819. The fourth-order valence-corrected chi connectivity index (χ4v) is 4.54. The summed E-state index contributed by atoms with van der Waals surface area (Å²) in [5, 5.41) is 5.08. The molecule has 3 heterocycles. The summed E-state index contributed by atoms with van der Waals surface area (Å²) in [6, 6.07) is 7.73. The number of benzene rings is 1. The van der Waals surface area contributed by atoms with Gasteiger partial charge in [-0.1, -0.05) is 12.1 Å². The first kappa shape index (κ1) is 18.3. The van der Waals surface area contributed by atoms with E-state index < -0.39 is 0 Å². The van der Waals surface area contributed by atoms with Crippen LogP contribution in [0, 0.1) is 11.8 Å². The van der Waals surface area contributed by atoms with Crippen LogP contribution in [0.2, 0.25) is 0 Å². The zero-order chi connectivity index (χ0) is 19.8. The topological polar surface area (TPSA) is 98.5 Å². The fraction of sp³-hybridized carbons (Fsp3) is 0.450. The van der Waals surface area contributed by atoms with Gasteiger partial charge in [-0.15, -0.1) is 0 Å². The van der Waals surface area contributed by atoms with Crippen LogP contribution >= 0.6 is 0 Å². The lowest BCUT2D eigenvalue weighted by molar-refractivity contribution is -0.131. The van der Waals surface area contributed by atoms with E-state index in [0.29, 0.717) is 25.2 Å². The number of aromatic nitrogens is 2. The van der Waals surface area contributed by atoms with E-state index in [1.165, 1.54) is 6.20 Å². The van der Waals surface area contributed by atoms with Crippen molar-refractivity contribution in [2.75, 3.05) is 26.7 Å². The van der Waals surface area contributed by atoms with Gasteiger partial charge in [-0.3, -0.25) is 19.5 Å². The van der Waals surface area contributed by atoms with E-state index in [9.17, 15) is 14.4 Å². The minimum atomic E-state index is -0.258. The van der Waals surface area contributed by atoms with Gasteiger partial charge in [0.05, 0.1) is 19.6 Å². The Morgan fingerprint density at radius 1 is 1.18 bits per heavy atom. The van der Waals surface area contributed by atoms with Gasteiger partial charge in [0, 0.05) is 50.2 Å². The molecule has 2 aliphatic rings. The predicted octanol–water partition coefficient (Wildman–Crippen LogP) is 0.932. The summed E-state index contributed by atoms with van der Waals surface area (Å²) < 4.78 is 5.24. The lowest BCUT2D eigenvalue weighted by Gasteiger charge is -2.29. The highest BCUT2D eigenvalue weighted by Gasteiger charge is 2.49. The number of H-pyrrole nitrogens is 2. The molecule has 0 aliphatic carbocycles. The van der Waals surface area contributed by atoms with Gasteiger partial charge in [0.25, 0.3) is 5.56 Å². The Labute approximate surface area is 162 Å². The molecule has 1 aromatic carbocycles. The van der Waals surface area contributed by atoms with Crippen molar-refractivity contribution in [3.8, 4) is 5.75 Å². The number of rotatable bonds is 4. The number of carbonyl (C=O) groups is 2. The van der Waals surface area contributed by atoms with E-state index >= 15 is 0 Å². The molecule has 2 aliphatic heterocycles. The first-order valence-electron chi connectivity index (χ1n) is 9.41. The molecule has 8 nitrogen and oxygen atoms in total. The number of ether oxygens (including phenoxy) is 1. The van der Waals surface area contributed by atoms with Crippen LogP contribution in [0.4, 0.5) is 0 Å². The summed E-state index contributed by atoms with van der Waals surface area (Å²) in [4.78, 5) is 40.3. The van der Waals surface area contributed by atoms with E-state index in [1.54, 1.807) is 14.0 Å². The van der Waals surface area contributed by atoms with Crippen LogP contribution in [0.15, 0.2) is 35.3 Å². The summed E-state index contributed by atoms with van der Waals surface area (Å²) in [5.74, 6) is 1.19. The van der Waals surface area contributed by atoms with Crippen LogP contribution < -0.4 is 10.3 Å². The van der Waals surface area contributed by atoms with E-state index in [-0.39, 0.29) is 41.7 Å². The van der Waals surface area contributed by atoms with Gasteiger partial charge in [-0.25, -0.2) is 0 Å². The van der Waals surface area contributed by atoms with E-state index in [0.717, 1.165) is 11.3 Å². The van der Waals surface area contributed by atoms with Crippen molar-refractivity contribution in [1.82, 2.24) is 20.0 Å². The van der Waals surface area contributed by atoms with Gasteiger partial charge in [-0.2, -0.15) is 0 Å². The van der Waals surface area contributed by atoms with Gasteiger partial charge in [0.1, 0.15) is 5.75 Å². The minimum absolute atomic E-state index is 0.0481. The van der Waals surface area contributed by atoms with E-state index in [2.05, 4.69) is 10.2 Å².